The zero-order valence-corrected chi connectivity index (χ0v) is 12.8. The maximum absolute atomic E-state index is 13.5. The lowest BCUT2D eigenvalue weighted by molar-refractivity contribution is -0.253. The molecule has 1 atom stereocenters. The number of fused-ring (bicyclic) bond motifs is 2. The molecule has 0 fully saturated rings. The number of hydrogen-bond acceptors (Lipinski definition) is 3. The number of carbonyl (C=O) groups is 1. The number of hydrogen-bond donors (Lipinski definition) is 1. The minimum absolute atomic E-state index is 0.0668. The summed E-state index contributed by atoms with van der Waals surface area (Å²) in [7, 11) is 0. The molecule has 0 radical (unpaired) electrons. The number of amides is 1. The Bertz CT molecular complexity index is 870. The Kier molecular flexibility index (Phi) is 2.87. The maximum atomic E-state index is 13.5. The van der Waals surface area contributed by atoms with Gasteiger partial charge in [-0.25, -0.2) is 0 Å². The summed E-state index contributed by atoms with van der Waals surface area (Å²) in [6.07, 6.45) is -5.13. The molecule has 0 aliphatic carbocycles. The number of aliphatic hydroxyl groups is 1. The van der Waals surface area contributed by atoms with Crippen LogP contribution in [0.5, 0.6) is 0 Å². The Labute approximate surface area is 137 Å². The molecule has 4 rings (SSSR count). The number of nitrogens with zero attached hydrogens (tertiary/aromatic N) is 1. The van der Waals surface area contributed by atoms with Crippen molar-refractivity contribution in [1.29, 1.82) is 0 Å². The normalized spacial score (nSPS) is 22.1. The van der Waals surface area contributed by atoms with Crippen molar-refractivity contribution in [2.75, 3.05) is 4.90 Å². The predicted molar refractivity (Wildman–Crippen MR) is 79.1 cm³/mol. The molecule has 2 aliphatic rings. The number of halogens is 4. The van der Waals surface area contributed by atoms with Gasteiger partial charge in [-0.1, -0.05) is 35.5 Å². The van der Waals surface area contributed by atoms with Crippen molar-refractivity contribution in [3.63, 3.8) is 0 Å². The second-order valence-corrected chi connectivity index (χ2v) is 6.74. The summed E-state index contributed by atoms with van der Waals surface area (Å²) in [6, 6.07) is 8.79. The van der Waals surface area contributed by atoms with Crippen LogP contribution >= 0.6 is 23.4 Å². The summed E-state index contributed by atoms with van der Waals surface area (Å²) in [5, 5.41) is 10.5. The number of benzene rings is 2. The largest absolute Gasteiger partial charge is 0.430 e. The number of rotatable bonds is 0. The highest BCUT2D eigenvalue weighted by Crippen LogP contribution is 2.59. The van der Waals surface area contributed by atoms with E-state index in [9.17, 15) is 23.1 Å². The Balaban J connectivity index is 2.06. The van der Waals surface area contributed by atoms with Crippen LogP contribution in [0, 0.1) is 0 Å². The van der Waals surface area contributed by atoms with Crippen LogP contribution in [0.4, 0.5) is 24.5 Å². The third-order valence-corrected chi connectivity index (χ3v) is 5.27. The van der Waals surface area contributed by atoms with Crippen molar-refractivity contribution in [1.82, 2.24) is 0 Å². The van der Waals surface area contributed by atoms with Crippen molar-refractivity contribution in [2.24, 2.45) is 0 Å². The molecule has 23 heavy (non-hydrogen) atoms. The zero-order chi connectivity index (χ0) is 16.6. The summed E-state index contributed by atoms with van der Waals surface area (Å²) in [6.45, 7) is 0. The van der Waals surface area contributed by atoms with Crippen molar-refractivity contribution in [3.05, 3.63) is 47.0 Å². The molecular formula is C15H7ClF3NO2S. The van der Waals surface area contributed by atoms with Gasteiger partial charge in [0, 0.05) is 20.4 Å². The van der Waals surface area contributed by atoms with E-state index in [-0.39, 0.29) is 11.4 Å². The molecule has 0 saturated heterocycles. The van der Waals surface area contributed by atoms with E-state index >= 15 is 0 Å². The first kappa shape index (κ1) is 14.9. The van der Waals surface area contributed by atoms with Gasteiger partial charge in [-0.2, -0.15) is 13.2 Å². The number of para-hydroxylation sites is 1. The van der Waals surface area contributed by atoms with E-state index in [1.54, 1.807) is 18.2 Å². The van der Waals surface area contributed by atoms with Crippen LogP contribution in [0.3, 0.4) is 0 Å². The summed E-state index contributed by atoms with van der Waals surface area (Å²) in [5.41, 5.74) is -3.70. The molecule has 1 amide bonds. The van der Waals surface area contributed by atoms with Gasteiger partial charge >= 0.3 is 6.18 Å². The monoisotopic (exact) mass is 357 g/mol. The Morgan fingerprint density at radius 1 is 1.17 bits per heavy atom. The molecule has 0 bridgehead atoms. The van der Waals surface area contributed by atoms with Crippen LogP contribution in [0.15, 0.2) is 46.2 Å². The quantitative estimate of drug-likeness (QED) is 0.767. The van der Waals surface area contributed by atoms with Crippen molar-refractivity contribution in [2.45, 2.75) is 21.6 Å². The lowest BCUT2D eigenvalue weighted by Gasteiger charge is -2.28. The van der Waals surface area contributed by atoms with E-state index in [4.69, 9.17) is 11.6 Å². The van der Waals surface area contributed by atoms with E-state index in [2.05, 4.69) is 0 Å². The molecule has 0 aromatic heterocycles. The predicted octanol–water partition coefficient (Wildman–Crippen LogP) is 4.23. The Morgan fingerprint density at radius 3 is 2.61 bits per heavy atom. The summed E-state index contributed by atoms with van der Waals surface area (Å²) >= 11 is 7.15. The van der Waals surface area contributed by atoms with E-state index in [0.717, 1.165) is 11.0 Å². The highest BCUT2D eigenvalue weighted by Gasteiger charge is 2.67. The van der Waals surface area contributed by atoms with Gasteiger partial charge in [0.1, 0.15) is 0 Å². The van der Waals surface area contributed by atoms with Gasteiger partial charge in [0.25, 0.3) is 11.5 Å². The van der Waals surface area contributed by atoms with Crippen LogP contribution in [-0.2, 0) is 10.4 Å². The van der Waals surface area contributed by atoms with Crippen molar-refractivity contribution >= 4 is 40.6 Å². The van der Waals surface area contributed by atoms with Gasteiger partial charge in [-0.15, -0.1) is 0 Å². The molecule has 0 spiro atoms. The van der Waals surface area contributed by atoms with Crippen molar-refractivity contribution < 1.29 is 23.1 Å². The second-order valence-electron chi connectivity index (χ2n) is 5.22. The van der Waals surface area contributed by atoms with Gasteiger partial charge in [0.2, 0.25) is 0 Å². The van der Waals surface area contributed by atoms with Crippen LogP contribution in [-0.4, -0.2) is 17.2 Å². The number of alkyl halides is 3. The minimum atomic E-state index is -5.13. The zero-order valence-electron chi connectivity index (χ0n) is 11.2. The third-order valence-electron chi connectivity index (χ3n) is 3.92. The molecule has 2 aromatic rings. The minimum Gasteiger partial charge on any atom is -0.368 e. The topological polar surface area (TPSA) is 40.5 Å². The fourth-order valence-corrected chi connectivity index (χ4v) is 4.12. The highest BCUT2D eigenvalue weighted by molar-refractivity contribution is 7.99. The van der Waals surface area contributed by atoms with Crippen LogP contribution in [0.25, 0.3) is 0 Å². The Hall–Kier alpha value is -1.70. The van der Waals surface area contributed by atoms with Crippen LogP contribution in [0.1, 0.15) is 5.56 Å². The number of carbonyl (C=O) groups excluding carboxylic acids is 1. The average Bonchev–Trinajstić information content (AvgIpc) is 2.72. The summed E-state index contributed by atoms with van der Waals surface area (Å²) in [5.74, 6) is -1.43. The van der Waals surface area contributed by atoms with Gasteiger partial charge in [0.05, 0.1) is 11.4 Å². The smallest absolute Gasteiger partial charge is 0.368 e. The molecule has 2 aromatic carbocycles. The van der Waals surface area contributed by atoms with Gasteiger partial charge in [-0.05, 0) is 24.3 Å². The molecule has 0 unspecified atom stereocenters. The Morgan fingerprint density at radius 2 is 1.91 bits per heavy atom. The molecule has 3 nitrogen and oxygen atoms in total. The number of anilines is 2. The summed E-state index contributed by atoms with van der Waals surface area (Å²) < 4.78 is 40.4. The van der Waals surface area contributed by atoms with Gasteiger partial charge < -0.3 is 5.11 Å². The van der Waals surface area contributed by atoms with Crippen LogP contribution < -0.4 is 4.90 Å². The molecule has 118 valence electrons. The van der Waals surface area contributed by atoms with E-state index in [0.29, 0.717) is 14.8 Å². The SMILES string of the molecule is O=C1N2c3cc(Cl)ccc3Sc3cccc(c32)[C@@]1(O)C(F)(F)F. The lowest BCUT2D eigenvalue weighted by Crippen LogP contribution is -2.49. The fourth-order valence-electron chi connectivity index (χ4n) is 2.88. The van der Waals surface area contributed by atoms with E-state index in [1.165, 1.54) is 23.9 Å². The summed E-state index contributed by atoms with van der Waals surface area (Å²) in [4.78, 5) is 14.5. The van der Waals surface area contributed by atoms with Crippen LogP contribution in [0.2, 0.25) is 5.02 Å². The van der Waals surface area contributed by atoms with Gasteiger partial charge in [-0.3, -0.25) is 9.69 Å². The highest BCUT2D eigenvalue weighted by atomic mass is 35.5. The maximum Gasteiger partial charge on any atom is 0.430 e. The third kappa shape index (κ3) is 1.75. The first-order valence-electron chi connectivity index (χ1n) is 6.49. The molecule has 1 N–H and O–H groups in total. The first-order valence-corrected chi connectivity index (χ1v) is 7.69. The van der Waals surface area contributed by atoms with E-state index in [1.807, 2.05) is 0 Å². The standard InChI is InChI=1S/C15H7ClF3NO2S/c16-7-4-5-10-9(6-7)20-12-8(2-1-3-11(12)23-10)14(22,13(20)21)15(17,18)19/h1-6,22H/t14-/m0/s1. The average molecular weight is 358 g/mol. The molecular weight excluding hydrogens is 351 g/mol. The molecule has 2 aliphatic heterocycles. The first-order chi connectivity index (χ1) is 10.7. The van der Waals surface area contributed by atoms with E-state index < -0.39 is 23.2 Å². The van der Waals surface area contributed by atoms with Gasteiger partial charge in [0.15, 0.2) is 0 Å². The van der Waals surface area contributed by atoms with Crippen molar-refractivity contribution in [3.8, 4) is 0 Å². The lowest BCUT2D eigenvalue weighted by atomic mass is 9.95. The second kappa shape index (κ2) is 4.43. The molecule has 8 heteroatoms. The molecule has 0 saturated carbocycles. The fraction of sp³-hybridized carbons (Fsp3) is 0.133. The molecule has 2 heterocycles.